The lowest BCUT2D eigenvalue weighted by molar-refractivity contribution is -0.248. The molecule has 2 saturated carbocycles. The third-order valence-electron chi connectivity index (χ3n) is 7.43. The van der Waals surface area contributed by atoms with Crippen LogP contribution >= 0.6 is 0 Å². The summed E-state index contributed by atoms with van der Waals surface area (Å²) >= 11 is 0. The summed E-state index contributed by atoms with van der Waals surface area (Å²) in [6, 6.07) is 0. The highest BCUT2D eigenvalue weighted by Crippen LogP contribution is 2.57. The van der Waals surface area contributed by atoms with Crippen LogP contribution in [0.1, 0.15) is 78.1 Å². The van der Waals surface area contributed by atoms with Gasteiger partial charge in [-0.25, -0.2) is 0 Å². The average molecular weight is 426 g/mol. The van der Waals surface area contributed by atoms with Crippen molar-refractivity contribution in [2.24, 2.45) is 22.7 Å². The van der Waals surface area contributed by atoms with Crippen LogP contribution in [0.2, 0.25) is 0 Å². The fraction of sp³-hybridized carbons (Fsp3) is 0.818. The molecule has 0 aromatic rings. The highest BCUT2D eigenvalue weighted by molar-refractivity contribution is 5.17. The first kappa shape index (κ1) is 24.1. The van der Waals surface area contributed by atoms with Crippen LogP contribution in [0.25, 0.3) is 0 Å². The standard InChI is InChI=1S/C22H32F6O/c1-15(19(3,21(23,24)25)17-11-7-5-8-12-17)29-16(2)20(4,22(26,27)28)18-13-9-6-10-14-18/h17-18H,1-2,5-14H2,3-4H3. The van der Waals surface area contributed by atoms with E-state index in [1.165, 1.54) is 0 Å². The zero-order valence-electron chi connectivity index (χ0n) is 17.3. The van der Waals surface area contributed by atoms with Crippen LogP contribution in [0.4, 0.5) is 26.3 Å². The third-order valence-corrected chi connectivity index (χ3v) is 7.43. The van der Waals surface area contributed by atoms with E-state index in [2.05, 4.69) is 13.2 Å². The molecule has 168 valence electrons. The molecule has 29 heavy (non-hydrogen) atoms. The fourth-order valence-corrected chi connectivity index (χ4v) is 4.96. The van der Waals surface area contributed by atoms with E-state index in [9.17, 15) is 26.3 Å². The first-order chi connectivity index (χ1) is 13.3. The van der Waals surface area contributed by atoms with Crippen molar-refractivity contribution in [3.63, 3.8) is 0 Å². The molecule has 0 N–H and O–H groups in total. The quantitative estimate of drug-likeness (QED) is 0.306. The summed E-state index contributed by atoms with van der Waals surface area (Å²) in [6.45, 7) is 8.97. The van der Waals surface area contributed by atoms with Crippen LogP contribution in [0.5, 0.6) is 0 Å². The van der Waals surface area contributed by atoms with Gasteiger partial charge < -0.3 is 4.74 Å². The van der Waals surface area contributed by atoms with Crippen molar-refractivity contribution in [1.82, 2.24) is 0 Å². The van der Waals surface area contributed by atoms with Crippen molar-refractivity contribution >= 4 is 0 Å². The van der Waals surface area contributed by atoms with Crippen molar-refractivity contribution in [2.45, 2.75) is 90.4 Å². The van der Waals surface area contributed by atoms with Gasteiger partial charge in [0.05, 0.1) is 0 Å². The molecule has 0 bridgehead atoms. The topological polar surface area (TPSA) is 9.23 Å². The molecular weight excluding hydrogens is 394 g/mol. The second-order valence-corrected chi connectivity index (χ2v) is 9.02. The number of allylic oxidation sites excluding steroid dienone is 2. The summed E-state index contributed by atoms with van der Waals surface area (Å²) in [5.41, 5.74) is -4.81. The van der Waals surface area contributed by atoms with Crippen LogP contribution in [-0.2, 0) is 4.74 Å². The number of rotatable bonds is 6. The molecule has 2 fully saturated rings. The number of hydrogen-bond donors (Lipinski definition) is 0. The maximum atomic E-state index is 14.1. The van der Waals surface area contributed by atoms with E-state index < -0.39 is 46.5 Å². The molecule has 2 atom stereocenters. The van der Waals surface area contributed by atoms with Gasteiger partial charge in [-0.05, 0) is 51.4 Å². The Morgan fingerprint density at radius 3 is 1.14 bits per heavy atom. The second kappa shape index (κ2) is 8.54. The van der Waals surface area contributed by atoms with Crippen molar-refractivity contribution in [2.75, 3.05) is 0 Å². The number of ether oxygens (including phenoxy) is 1. The molecule has 2 aliphatic carbocycles. The van der Waals surface area contributed by atoms with Gasteiger partial charge in [-0.15, -0.1) is 0 Å². The Hall–Kier alpha value is -1.14. The monoisotopic (exact) mass is 426 g/mol. The lowest BCUT2D eigenvalue weighted by atomic mass is 9.67. The summed E-state index contributed by atoms with van der Waals surface area (Å²) in [7, 11) is 0. The van der Waals surface area contributed by atoms with E-state index in [-0.39, 0.29) is 0 Å². The first-order valence-corrected chi connectivity index (χ1v) is 10.5. The van der Waals surface area contributed by atoms with E-state index in [0.717, 1.165) is 26.7 Å². The van der Waals surface area contributed by atoms with Gasteiger partial charge in [-0.2, -0.15) is 26.3 Å². The summed E-state index contributed by atoms with van der Waals surface area (Å²) < 4.78 is 89.8. The van der Waals surface area contributed by atoms with Gasteiger partial charge in [-0.3, -0.25) is 0 Å². The number of alkyl halides is 6. The number of halogens is 6. The molecule has 0 heterocycles. The Morgan fingerprint density at radius 1 is 0.621 bits per heavy atom. The zero-order valence-corrected chi connectivity index (χ0v) is 17.3. The van der Waals surface area contributed by atoms with Gasteiger partial charge in [-0.1, -0.05) is 51.7 Å². The molecule has 0 radical (unpaired) electrons. The molecule has 2 aliphatic rings. The predicted molar refractivity (Wildman–Crippen MR) is 101 cm³/mol. The van der Waals surface area contributed by atoms with Crippen LogP contribution in [0.15, 0.2) is 24.7 Å². The maximum Gasteiger partial charge on any atom is 0.401 e. The lowest BCUT2D eigenvalue weighted by Gasteiger charge is -2.45. The maximum absolute atomic E-state index is 14.1. The Bertz CT molecular complexity index is 543. The molecule has 2 rings (SSSR count). The van der Waals surface area contributed by atoms with Gasteiger partial charge in [0, 0.05) is 0 Å². The minimum Gasteiger partial charge on any atom is -0.465 e. The molecule has 2 unspecified atom stereocenters. The van der Waals surface area contributed by atoms with Gasteiger partial charge in [0.15, 0.2) is 0 Å². The Kier molecular flexibility index (Phi) is 7.11. The minimum absolute atomic E-state index is 0.351. The van der Waals surface area contributed by atoms with E-state index in [1.807, 2.05) is 0 Å². The molecule has 0 aliphatic heterocycles. The fourth-order valence-electron chi connectivity index (χ4n) is 4.96. The molecule has 0 spiro atoms. The molecule has 1 nitrogen and oxygen atoms in total. The van der Waals surface area contributed by atoms with Gasteiger partial charge in [0.2, 0.25) is 0 Å². The predicted octanol–water partition coefficient (Wildman–Crippen LogP) is 8.33. The molecule has 0 amide bonds. The zero-order chi connectivity index (χ0) is 22.1. The van der Waals surface area contributed by atoms with Crippen LogP contribution in [0, 0.1) is 22.7 Å². The van der Waals surface area contributed by atoms with Crippen molar-refractivity contribution in [3.8, 4) is 0 Å². The first-order valence-electron chi connectivity index (χ1n) is 10.5. The number of hydrogen-bond acceptors (Lipinski definition) is 1. The van der Waals surface area contributed by atoms with Crippen molar-refractivity contribution in [3.05, 3.63) is 24.7 Å². The van der Waals surface area contributed by atoms with E-state index in [0.29, 0.717) is 51.4 Å². The summed E-state index contributed by atoms with van der Waals surface area (Å²) in [4.78, 5) is 0. The second-order valence-electron chi connectivity index (χ2n) is 9.02. The van der Waals surface area contributed by atoms with Crippen LogP contribution in [-0.4, -0.2) is 12.4 Å². The lowest BCUT2D eigenvalue weighted by Crippen LogP contribution is -2.47. The molecule has 7 heteroatoms. The van der Waals surface area contributed by atoms with Crippen molar-refractivity contribution in [1.29, 1.82) is 0 Å². The Balaban J connectivity index is 2.32. The minimum atomic E-state index is -4.67. The molecule has 0 aromatic heterocycles. The molecule has 0 saturated heterocycles. The SMILES string of the molecule is C=C(OC(=C)C(C)(C1CCCCC1)C(F)(F)F)C(C)(C1CCCCC1)C(F)(F)F. The smallest absolute Gasteiger partial charge is 0.401 e. The highest BCUT2D eigenvalue weighted by Gasteiger charge is 2.62. The molecule has 0 aromatic carbocycles. The summed E-state index contributed by atoms with van der Waals surface area (Å²) in [5.74, 6) is -2.87. The van der Waals surface area contributed by atoms with Gasteiger partial charge in [0.1, 0.15) is 22.3 Å². The van der Waals surface area contributed by atoms with Crippen LogP contribution < -0.4 is 0 Å². The Labute approximate surface area is 169 Å². The van der Waals surface area contributed by atoms with E-state index in [4.69, 9.17) is 4.74 Å². The Morgan fingerprint density at radius 2 is 0.897 bits per heavy atom. The third kappa shape index (κ3) is 4.48. The van der Waals surface area contributed by atoms with Gasteiger partial charge in [0.25, 0.3) is 0 Å². The van der Waals surface area contributed by atoms with E-state index in [1.54, 1.807) is 0 Å². The van der Waals surface area contributed by atoms with Crippen molar-refractivity contribution < 1.29 is 31.1 Å². The normalized spacial score (nSPS) is 24.4. The average Bonchev–Trinajstić information content (AvgIpc) is 2.66. The molecular formula is C22H32F6O. The largest absolute Gasteiger partial charge is 0.465 e. The summed E-state index contributed by atoms with van der Waals surface area (Å²) in [5, 5.41) is 0. The van der Waals surface area contributed by atoms with Crippen LogP contribution in [0.3, 0.4) is 0 Å². The summed E-state index contributed by atoms with van der Waals surface area (Å²) in [6.07, 6.45) is -3.59. The van der Waals surface area contributed by atoms with E-state index >= 15 is 0 Å². The highest BCUT2D eigenvalue weighted by atomic mass is 19.4. The van der Waals surface area contributed by atoms with Gasteiger partial charge >= 0.3 is 12.4 Å².